The number of carbonyl (C=O) groups is 1. The van der Waals surface area contributed by atoms with Gasteiger partial charge in [0.15, 0.2) is 17.5 Å². The number of carbonyl (C=O) groups excluding carboxylic acids is 1. The summed E-state index contributed by atoms with van der Waals surface area (Å²) in [7, 11) is 0. The van der Waals surface area contributed by atoms with Gasteiger partial charge in [0.2, 0.25) is 0 Å². The van der Waals surface area contributed by atoms with E-state index in [9.17, 15) is 18.0 Å². The molecule has 0 saturated heterocycles. The number of halogens is 3. The Balaban J connectivity index is 2.32. The summed E-state index contributed by atoms with van der Waals surface area (Å²) in [5.74, 6) is -5.08. The first-order chi connectivity index (χ1) is 10.5. The molecule has 0 aliphatic carbocycles. The average Bonchev–Trinajstić information content (AvgIpc) is 2.52. The Bertz CT molecular complexity index is 700. The molecule has 0 saturated carbocycles. The third-order valence-electron chi connectivity index (χ3n) is 3.63. The quantitative estimate of drug-likeness (QED) is 0.802. The first kappa shape index (κ1) is 16.1. The van der Waals surface area contributed by atoms with Crippen LogP contribution in [0, 0.1) is 17.5 Å². The molecule has 5 heteroatoms. The molecule has 0 aliphatic heterocycles. The van der Waals surface area contributed by atoms with Gasteiger partial charge in [-0.15, -0.1) is 0 Å². The highest BCUT2D eigenvalue weighted by Gasteiger charge is 2.20. The predicted octanol–water partition coefficient (Wildman–Crippen LogP) is 4.87. The van der Waals surface area contributed by atoms with Gasteiger partial charge in [-0.3, -0.25) is 4.79 Å². The molecular weight excluding hydrogens is 291 g/mol. The zero-order valence-electron chi connectivity index (χ0n) is 12.3. The normalized spacial score (nSPS) is 12.0. The first-order valence-corrected chi connectivity index (χ1v) is 6.99. The van der Waals surface area contributed by atoms with Crippen LogP contribution in [0.25, 0.3) is 0 Å². The second-order valence-electron chi connectivity index (χ2n) is 5.07. The lowest BCUT2D eigenvalue weighted by molar-refractivity contribution is 0.102. The molecule has 2 aromatic rings. The van der Waals surface area contributed by atoms with Crippen molar-refractivity contribution in [3.63, 3.8) is 0 Å². The van der Waals surface area contributed by atoms with Crippen LogP contribution >= 0.6 is 0 Å². The molecule has 0 spiro atoms. The van der Waals surface area contributed by atoms with Crippen molar-refractivity contribution in [2.24, 2.45) is 0 Å². The molecule has 0 heterocycles. The van der Waals surface area contributed by atoms with Gasteiger partial charge in [-0.25, -0.2) is 13.2 Å². The fourth-order valence-electron chi connectivity index (χ4n) is 2.15. The Morgan fingerprint density at radius 3 is 2.45 bits per heavy atom. The van der Waals surface area contributed by atoms with Crippen molar-refractivity contribution in [1.82, 2.24) is 0 Å². The van der Waals surface area contributed by atoms with Crippen molar-refractivity contribution >= 4 is 11.6 Å². The second kappa shape index (κ2) is 6.64. The molecule has 22 heavy (non-hydrogen) atoms. The van der Waals surface area contributed by atoms with Gasteiger partial charge in [0, 0.05) is 5.69 Å². The van der Waals surface area contributed by atoms with Crippen molar-refractivity contribution in [2.45, 2.75) is 26.2 Å². The molecule has 1 unspecified atom stereocenters. The van der Waals surface area contributed by atoms with Gasteiger partial charge < -0.3 is 5.32 Å². The topological polar surface area (TPSA) is 29.1 Å². The fraction of sp³-hybridized carbons (Fsp3) is 0.235. The van der Waals surface area contributed by atoms with Crippen molar-refractivity contribution < 1.29 is 18.0 Å². The first-order valence-electron chi connectivity index (χ1n) is 6.99. The molecule has 0 radical (unpaired) electrons. The van der Waals surface area contributed by atoms with Crippen LogP contribution in [-0.2, 0) is 0 Å². The molecule has 1 amide bonds. The van der Waals surface area contributed by atoms with Crippen LogP contribution in [0.4, 0.5) is 18.9 Å². The Hall–Kier alpha value is -2.30. The summed E-state index contributed by atoms with van der Waals surface area (Å²) in [5, 5.41) is 2.56. The van der Waals surface area contributed by atoms with E-state index < -0.39 is 28.9 Å². The van der Waals surface area contributed by atoms with Crippen LogP contribution in [-0.4, -0.2) is 5.91 Å². The summed E-state index contributed by atoms with van der Waals surface area (Å²) in [5.41, 5.74) is 0.908. The highest BCUT2D eigenvalue weighted by atomic mass is 19.2. The number of nitrogens with one attached hydrogen (secondary N) is 1. The number of rotatable bonds is 4. The molecule has 2 rings (SSSR count). The van der Waals surface area contributed by atoms with Gasteiger partial charge in [0.1, 0.15) is 0 Å². The number of hydrogen-bond donors (Lipinski definition) is 1. The Morgan fingerprint density at radius 2 is 1.77 bits per heavy atom. The Morgan fingerprint density at radius 1 is 1.09 bits per heavy atom. The SMILES string of the molecule is CCC(C)c1ccccc1NC(=O)c1ccc(F)c(F)c1F. The molecular formula is C17H16F3NO. The fourth-order valence-corrected chi connectivity index (χ4v) is 2.15. The molecule has 116 valence electrons. The third kappa shape index (κ3) is 3.13. The van der Waals surface area contributed by atoms with Crippen LogP contribution in [0.2, 0.25) is 0 Å². The van der Waals surface area contributed by atoms with E-state index in [-0.39, 0.29) is 5.92 Å². The van der Waals surface area contributed by atoms with E-state index >= 15 is 0 Å². The molecule has 0 fully saturated rings. The summed E-state index contributed by atoms with van der Waals surface area (Å²) in [6.07, 6.45) is 0.867. The summed E-state index contributed by atoms with van der Waals surface area (Å²) in [6.45, 7) is 4.02. The molecule has 1 atom stereocenters. The van der Waals surface area contributed by atoms with Gasteiger partial charge in [-0.1, -0.05) is 32.0 Å². The molecule has 0 aromatic heterocycles. The van der Waals surface area contributed by atoms with Crippen molar-refractivity contribution in [2.75, 3.05) is 5.32 Å². The number of anilines is 1. The standard InChI is InChI=1S/C17H16F3NO/c1-3-10(2)11-6-4-5-7-14(11)21-17(22)12-8-9-13(18)16(20)15(12)19/h4-10H,3H2,1-2H3,(H,21,22). The lowest BCUT2D eigenvalue weighted by Gasteiger charge is -2.15. The van der Waals surface area contributed by atoms with E-state index in [2.05, 4.69) is 5.32 Å². The van der Waals surface area contributed by atoms with E-state index in [4.69, 9.17) is 0 Å². The van der Waals surface area contributed by atoms with E-state index in [1.807, 2.05) is 26.0 Å². The highest BCUT2D eigenvalue weighted by Crippen LogP contribution is 2.27. The average molecular weight is 307 g/mol. The van der Waals surface area contributed by atoms with Gasteiger partial charge in [0.25, 0.3) is 5.91 Å². The van der Waals surface area contributed by atoms with Gasteiger partial charge in [0.05, 0.1) is 5.56 Å². The molecule has 2 nitrogen and oxygen atoms in total. The maximum absolute atomic E-state index is 13.7. The van der Waals surface area contributed by atoms with E-state index in [1.165, 1.54) is 0 Å². The van der Waals surface area contributed by atoms with Crippen LogP contribution in [0.1, 0.15) is 42.1 Å². The zero-order chi connectivity index (χ0) is 16.3. The smallest absolute Gasteiger partial charge is 0.258 e. The highest BCUT2D eigenvalue weighted by molar-refractivity contribution is 6.04. The van der Waals surface area contributed by atoms with E-state index in [0.717, 1.165) is 24.1 Å². The van der Waals surface area contributed by atoms with Gasteiger partial charge in [-0.2, -0.15) is 0 Å². The minimum Gasteiger partial charge on any atom is -0.322 e. The largest absolute Gasteiger partial charge is 0.322 e. The Labute approximate surface area is 127 Å². The number of amides is 1. The minimum atomic E-state index is -1.65. The summed E-state index contributed by atoms with van der Waals surface area (Å²) in [6, 6.07) is 8.80. The summed E-state index contributed by atoms with van der Waals surface area (Å²) >= 11 is 0. The number of hydrogen-bond acceptors (Lipinski definition) is 1. The summed E-state index contributed by atoms with van der Waals surface area (Å²) in [4.78, 5) is 12.1. The number of para-hydroxylation sites is 1. The zero-order valence-corrected chi connectivity index (χ0v) is 12.3. The lowest BCUT2D eigenvalue weighted by Crippen LogP contribution is -2.16. The van der Waals surface area contributed by atoms with Gasteiger partial charge >= 0.3 is 0 Å². The van der Waals surface area contributed by atoms with Crippen LogP contribution in [0.3, 0.4) is 0 Å². The predicted molar refractivity (Wildman–Crippen MR) is 79.4 cm³/mol. The van der Waals surface area contributed by atoms with Crippen LogP contribution in [0.15, 0.2) is 36.4 Å². The molecule has 0 bridgehead atoms. The third-order valence-corrected chi connectivity index (χ3v) is 3.63. The van der Waals surface area contributed by atoms with Crippen molar-refractivity contribution in [1.29, 1.82) is 0 Å². The van der Waals surface area contributed by atoms with Gasteiger partial charge in [-0.05, 0) is 36.1 Å². The maximum atomic E-state index is 13.7. The maximum Gasteiger partial charge on any atom is 0.258 e. The molecule has 1 N–H and O–H groups in total. The van der Waals surface area contributed by atoms with Crippen LogP contribution < -0.4 is 5.32 Å². The second-order valence-corrected chi connectivity index (χ2v) is 5.07. The van der Waals surface area contributed by atoms with Crippen molar-refractivity contribution in [3.8, 4) is 0 Å². The monoisotopic (exact) mass is 307 g/mol. The van der Waals surface area contributed by atoms with E-state index in [0.29, 0.717) is 5.69 Å². The number of benzene rings is 2. The summed E-state index contributed by atoms with van der Waals surface area (Å²) < 4.78 is 39.8. The lowest BCUT2D eigenvalue weighted by atomic mass is 9.97. The minimum absolute atomic E-state index is 0.200. The van der Waals surface area contributed by atoms with Crippen molar-refractivity contribution in [3.05, 3.63) is 65.0 Å². The molecule has 0 aliphatic rings. The van der Waals surface area contributed by atoms with Crippen LogP contribution in [0.5, 0.6) is 0 Å². The Kier molecular flexibility index (Phi) is 4.85. The molecule has 2 aromatic carbocycles. The van der Waals surface area contributed by atoms with E-state index in [1.54, 1.807) is 12.1 Å².